The molecular formula is C27H27BrN4O2. The van der Waals surface area contributed by atoms with E-state index in [0.29, 0.717) is 12.1 Å². The molecule has 2 amide bonds. The van der Waals surface area contributed by atoms with Gasteiger partial charge < -0.3 is 20.4 Å². The zero-order valence-electron chi connectivity index (χ0n) is 19.4. The number of likely N-dealkylation sites (N-methyl/N-ethyl adjacent to an activating group) is 1. The number of amides is 2. The van der Waals surface area contributed by atoms with Gasteiger partial charge in [0.15, 0.2) is 0 Å². The van der Waals surface area contributed by atoms with Gasteiger partial charge in [0.2, 0.25) is 5.91 Å². The fourth-order valence-corrected chi connectivity index (χ4v) is 4.28. The maximum Gasteiger partial charge on any atom is 0.258 e. The zero-order chi connectivity index (χ0) is 24.2. The normalized spacial score (nSPS) is 14.0. The molecule has 4 rings (SSSR count). The summed E-state index contributed by atoms with van der Waals surface area (Å²) in [5, 5.41) is 6.43. The molecule has 3 aromatic rings. The van der Waals surface area contributed by atoms with Gasteiger partial charge in [0, 0.05) is 41.4 Å². The Kier molecular flexibility index (Phi) is 7.14. The molecule has 174 valence electrons. The topological polar surface area (TPSA) is 64.7 Å². The molecule has 0 saturated heterocycles. The molecule has 34 heavy (non-hydrogen) atoms. The zero-order valence-corrected chi connectivity index (χ0v) is 21.0. The van der Waals surface area contributed by atoms with Gasteiger partial charge in [-0.25, -0.2) is 0 Å². The van der Waals surface area contributed by atoms with Crippen LogP contribution in [0.5, 0.6) is 0 Å². The minimum absolute atomic E-state index is 0.0000429. The summed E-state index contributed by atoms with van der Waals surface area (Å²) in [6.07, 6.45) is 0. The lowest BCUT2D eigenvalue weighted by Crippen LogP contribution is -2.35. The van der Waals surface area contributed by atoms with Gasteiger partial charge in [-0.15, -0.1) is 0 Å². The summed E-state index contributed by atoms with van der Waals surface area (Å²) in [7, 11) is 3.97. The second kappa shape index (κ2) is 10.2. The molecule has 0 fully saturated rings. The van der Waals surface area contributed by atoms with Crippen molar-refractivity contribution in [3.8, 4) is 0 Å². The van der Waals surface area contributed by atoms with Gasteiger partial charge in [-0.3, -0.25) is 9.59 Å². The number of nitrogens with one attached hydrogen (secondary N) is 2. The highest BCUT2D eigenvalue weighted by Gasteiger charge is 2.28. The molecule has 1 heterocycles. The fraction of sp³-hybridized carbons (Fsp3) is 0.185. The summed E-state index contributed by atoms with van der Waals surface area (Å²) >= 11 is 3.47. The molecule has 0 unspecified atom stereocenters. The monoisotopic (exact) mass is 518 g/mol. The van der Waals surface area contributed by atoms with E-state index >= 15 is 0 Å². The van der Waals surface area contributed by atoms with E-state index in [1.54, 1.807) is 11.8 Å². The molecule has 0 saturated carbocycles. The van der Waals surface area contributed by atoms with Crippen LogP contribution >= 0.6 is 15.9 Å². The maximum atomic E-state index is 13.0. The Morgan fingerprint density at radius 2 is 1.68 bits per heavy atom. The molecule has 6 nitrogen and oxygen atoms in total. The molecule has 0 aromatic heterocycles. The average molecular weight is 519 g/mol. The van der Waals surface area contributed by atoms with Crippen molar-refractivity contribution in [3.05, 3.63) is 88.4 Å². The molecule has 0 radical (unpaired) electrons. The standard InChI is InChI=1S/C27H27BrN4O2/c1-18(33)32(16-15-31(2)3)22-12-10-21(11-13-22)29-26(19-7-5-4-6-8-19)25-23-14-9-20(28)17-24(23)30-27(25)34/h4-14,17,29H,15-16H2,1-3H3,(H,30,34)/b26-25-. The maximum absolute atomic E-state index is 13.0. The smallest absolute Gasteiger partial charge is 0.258 e. The third-order valence-electron chi connectivity index (χ3n) is 5.64. The lowest BCUT2D eigenvalue weighted by molar-refractivity contribution is -0.116. The first-order valence-electron chi connectivity index (χ1n) is 11.0. The Morgan fingerprint density at radius 3 is 2.32 bits per heavy atom. The van der Waals surface area contributed by atoms with Crippen LogP contribution in [-0.2, 0) is 9.59 Å². The molecule has 0 aliphatic carbocycles. The first kappa shape index (κ1) is 23.7. The lowest BCUT2D eigenvalue weighted by Gasteiger charge is -2.23. The largest absolute Gasteiger partial charge is 0.354 e. The number of nitrogens with zero attached hydrogens (tertiary/aromatic N) is 2. The Morgan fingerprint density at radius 1 is 0.971 bits per heavy atom. The first-order valence-corrected chi connectivity index (χ1v) is 11.8. The van der Waals surface area contributed by atoms with E-state index in [-0.39, 0.29) is 11.8 Å². The lowest BCUT2D eigenvalue weighted by atomic mass is 10.00. The Balaban J connectivity index is 1.70. The van der Waals surface area contributed by atoms with Gasteiger partial charge in [0.25, 0.3) is 5.91 Å². The van der Waals surface area contributed by atoms with Gasteiger partial charge in [0.05, 0.1) is 17.0 Å². The second-order valence-electron chi connectivity index (χ2n) is 8.41. The van der Waals surface area contributed by atoms with Crippen molar-refractivity contribution >= 4 is 56.1 Å². The minimum atomic E-state index is -0.150. The SMILES string of the molecule is CC(=O)N(CCN(C)C)c1ccc(N/C(=C2\C(=O)Nc3cc(Br)ccc32)c2ccccc2)cc1. The number of benzene rings is 3. The Bertz CT molecular complexity index is 1240. The van der Waals surface area contributed by atoms with Gasteiger partial charge in [-0.2, -0.15) is 0 Å². The van der Waals surface area contributed by atoms with Gasteiger partial charge in [-0.05, 0) is 56.1 Å². The summed E-state index contributed by atoms with van der Waals surface area (Å²) in [5.74, 6) is -0.150. The van der Waals surface area contributed by atoms with E-state index in [4.69, 9.17) is 0 Å². The number of halogens is 1. The van der Waals surface area contributed by atoms with Crippen molar-refractivity contribution < 1.29 is 9.59 Å². The van der Waals surface area contributed by atoms with Crippen LogP contribution in [0.4, 0.5) is 17.1 Å². The van der Waals surface area contributed by atoms with Crippen molar-refractivity contribution in [1.29, 1.82) is 0 Å². The molecule has 1 aliphatic rings. The number of carbonyl (C=O) groups excluding carboxylic acids is 2. The number of fused-ring (bicyclic) bond motifs is 1. The summed E-state index contributed by atoms with van der Waals surface area (Å²) in [5.41, 5.74) is 5.51. The second-order valence-corrected chi connectivity index (χ2v) is 9.32. The van der Waals surface area contributed by atoms with E-state index in [0.717, 1.165) is 44.9 Å². The number of hydrogen-bond acceptors (Lipinski definition) is 4. The van der Waals surface area contributed by atoms with Crippen LogP contribution in [0.25, 0.3) is 11.3 Å². The quantitative estimate of drug-likeness (QED) is 0.416. The number of carbonyl (C=O) groups is 2. The third kappa shape index (κ3) is 5.21. The van der Waals surface area contributed by atoms with E-state index in [1.807, 2.05) is 91.8 Å². The van der Waals surface area contributed by atoms with Crippen molar-refractivity contribution in [1.82, 2.24) is 4.90 Å². The van der Waals surface area contributed by atoms with Crippen molar-refractivity contribution in [3.63, 3.8) is 0 Å². The molecule has 0 atom stereocenters. The third-order valence-corrected chi connectivity index (χ3v) is 6.13. The molecular weight excluding hydrogens is 492 g/mol. The Labute approximate surface area is 208 Å². The van der Waals surface area contributed by atoms with Gasteiger partial charge in [0.1, 0.15) is 0 Å². The summed E-state index contributed by atoms with van der Waals surface area (Å²) in [4.78, 5) is 29.0. The molecule has 0 bridgehead atoms. The molecule has 1 aliphatic heterocycles. The molecule has 7 heteroatoms. The minimum Gasteiger partial charge on any atom is -0.354 e. The average Bonchev–Trinajstić information content (AvgIpc) is 3.13. The van der Waals surface area contributed by atoms with E-state index < -0.39 is 0 Å². The Hall–Kier alpha value is -3.42. The highest BCUT2D eigenvalue weighted by Crippen LogP contribution is 2.38. The number of rotatable bonds is 7. The molecule has 2 N–H and O–H groups in total. The fourth-order valence-electron chi connectivity index (χ4n) is 3.91. The highest BCUT2D eigenvalue weighted by atomic mass is 79.9. The van der Waals surface area contributed by atoms with Crippen molar-refractivity contribution in [2.45, 2.75) is 6.92 Å². The molecule has 0 spiro atoms. The number of hydrogen-bond donors (Lipinski definition) is 2. The summed E-state index contributed by atoms with van der Waals surface area (Å²) < 4.78 is 0.905. The molecule has 3 aromatic carbocycles. The van der Waals surface area contributed by atoms with E-state index in [9.17, 15) is 9.59 Å². The van der Waals surface area contributed by atoms with Crippen LogP contribution in [0.2, 0.25) is 0 Å². The van der Waals surface area contributed by atoms with Crippen LogP contribution in [-0.4, -0.2) is 43.9 Å². The highest BCUT2D eigenvalue weighted by molar-refractivity contribution is 9.10. The van der Waals surface area contributed by atoms with Crippen LogP contribution in [0.3, 0.4) is 0 Å². The van der Waals surface area contributed by atoms with Gasteiger partial charge in [-0.1, -0.05) is 52.3 Å². The van der Waals surface area contributed by atoms with E-state index in [1.165, 1.54) is 0 Å². The van der Waals surface area contributed by atoms with Crippen LogP contribution in [0.15, 0.2) is 77.3 Å². The van der Waals surface area contributed by atoms with Crippen LogP contribution in [0, 0.1) is 0 Å². The van der Waals surface area contributed by atoms with E-state index in [2.05, 4.69) is 26.6 Å². The van der Waals surface area contributed by atoms with Crippen molar-refractivity contribution in [2.24, 2.45) is 0 Å². The summed E-state index contributed by atoms with van der Waals surface area (Å²) in [6.45, 7) is 2.96. The number of anilines is 3. The predicted octanol–water partition coefficient (Wildman–Crippen LogP) is 5.30. The van der Waals surface area contributed by atoms with Gasteiger partial charge >= 0.3 is 0 Å². The van der Waals surface area contributed by atoms with Crippen molar-refractivity contribution in [2.75, 3.05) is 42.7 Å². The predicted molar refractivity (Wildman–Crippen MR) is 143 cm³/mol. The van der Waals surface area contributed by atoms with Crippen LogP contribution in [0.1, 0.15) is 18.1 Å². The summed E-state index contributed by atoms with van der Waals surface area (Å²) in [6, 6.07) is 23.3. The van der Waals surface area contributed by atoms with Crippen LogP contribution < -0.4 is 15.5 Å². The first-order chi connectivity index (χ1) is 16.3.